The quantitative estimate of drug-likeness (QED) is 0.320. The van der Waals surface area contributed by atoms with Crippen molar-refractivity contribution in [2.75, 3.05) is 0 Å². The predicted molar refractivity (Wildman–Crippen MR) is 150 cm³/mol. The molecule has 0 radical (unpaired) electrons. The van der Waals surface area contributed by atoms with Crippen molar-refractivity contribution < 1.29 is 4.79 Å². The monoisotopic (exact) mass is 525 g/mol. The molecule has 0 atom stereocenters. The maximum atomic E-state index is 13.9. The molecule has 1 fully saturated rings. The van der Waals surface area contributed by atoms with Gasteiger partial charge in [-0.25, -0.2) is 4.79 Å². The lowest BCUT2D eigenvalue weighted by atomic mass is 9.85. The molecule has 0 spiro atoms. The van der Waals surface area contributed by atoms with Gasteiger partial charge in [-0.2, -0.15) is 0 Å². The lowest BCUT2D eigenvalue weighted by molar-refractivity contribution is 0.0919. The normalized spacial score (nSPS) is 17.6. The second-order valence-electron chi connectivity index (χ2n) is 10.0. The van der Waals surface area contributed by atoms with Gasteiger partial charge in [-0.05, 0) is 81.0 Å². The van der Waals surface area contributed by atoms with E-state index in [1.54, 1.807) is 18.5 Å². The van der Waals surface area contributed by atoms with Crippen molar-refractivity contribution in [2.24, 2.45) is 5.92 Å². The van der Waals surface area contributed by atoms with E-state index in [9.17, 15) is 9.59 Å². The Labute approximate surface area is 225 Å². The van der Waals surface area contributed by atoms with Crippen LogP contribution in [0.15, 0.2) is 77.9 Å². The summed E-state index contributed by atoms with van der Waals surface area (Å²) >= 11 is 6.05. The highest BCUT2D eigenvalue weighted by atomic mass is 35.5. The van der Waals surface area contributed by atoms with Gasteiger partial charge in [0.25, 0.3) is 5.91 Å². The van der Waals surface area contributed by atoms with Gasteiger partial charge in [0.1, 0.15) is 0 Å². The van der Waals surface area contributed by atoms with Crippen molar-refractivity contribution in [3.8, 4) is 5.69 Å². The third-order valence-corrected chi connectivity index (χ3v) is 7.83. The van der Waals surface area contributed by atoms with Crippen LogP contribution in [0.5, 0.6) is 0 Å². The number of amides is 1. The Morgan fingerprint density at radius 3 is 2.61 bits per heavy atom. The van der Waals surface area contributed by atoms with Gasteiger partial charge in [-0.15, -0.1) is 0 Å². The highest BCUT2D eigenvalue weighted by Crippen LogP contribution is 2.29. The molecule has 5 aromatic rings. The number of pyridine rings is 2. The fraction of sp³-hybridized carbons (Fsp3) is 0.267. The highest BCUT2D eigenvalue weighted by Gasteiger charge is 2.26. The van der Waals surface area contributed by atoms with Gasteiger partial charge in [0, 0.05) is 30.4 Å². The van der Waals surface area contributed by atoms with Crippen molar-refractivity contribution in [1.82, 2.24) is 24.4 Å². The number of halogens is 1. The molecule has 38 heavy (non-hydrogen) atoms. The maximum Gasteiger partial charge on any atom is 0.333 e. The highest BCUT2D eigenvalue weighted by molar-refractivity contribution is 6.30. The summed E-state index contributed by atoms with van der Waals surface area (Å²) in [6, 6.07) is 19.5. The van der Waals surface area contributed by atoms with Crippen molar-refractivity contribution in [3.63, 3.8) is 0 Å². The fourth-order valence-corrected chi connectivity index (χ4v) is 5.81. The Balaban J connectivity index is 1.23. The van der Waals surface area contributed by atoms with Crippen molar-refractivity contribution in [1.29, 1.82) is 0 Å². The molecule has 2 aromatic carbocycles. The Hall–Kier alpha value is -3.97. The third-order valence-electron chi connectivity index (χ3n) is 7.62. The topological polar surface area (TPSA) is 81.8 Å². The zero-order valence-electron chi connectivity index (χ0n) is 21.1. The molecule has 1 aliphatic carbocycles. The number of imidazole rings is 1. The maximum absolute atomic E-state index is 13.9. The Morgan fingerprint density at radius 2 is 1.79 bits per heavy atom. The number of nitrogens with zero attached hydrogens (tertiary/aromatic N) is 4. The van der Waals surface area contributed by atoms with Crippen molar-refractivity contribution >= 4 is 39.4 Å². The molecule has 6 rings (SSSR count). The summed E-state index contributed by atoms with van der Waals surface area (Å²) in [6.07, 6.45) is 6.92. The molecule has 0 aliphatic heterocycles. The number of aryl methyl sites for hydroxylation is 1. The van der Waals surface area contributed by atoms with Crippen molar-refractivity contribution in [3.05, 3.63) is 99.8 Å². The van der Waals surface area contributed by atoms with Gasteiger partial charge in [0.05, 0.1) is 38.5 Å². The van der Waals surface area contributed by atoms with Gasteiger partial charge in [0.15, 0.2) is 0 Å². The van der Waals surface area contributed by atoms with Crippen LogP contribution in [0.25, 0.3) is 27.6 Å². The second kappa shape index (κ2) is 10.1. The minimum Gasteiger partial charge on any atom is -0.349 e. The number of nitrogens with one attached hydrogen (secondary N) is 1. The van der Waals surface area contributed by atoms with E-state index in [1.165, 1.54) is 0 Å². The van der Waals surface area contributed by atoms with E-state index in [2.05, 4.69) is 15.3 Å². The van der Waals surface area contributed by atoms with Gasteiger partial charge in [-0.3, -0.25) is 23.9 Å². The first-order valence-corrected chi connectivity index (χ1v) is 13.3. The predicted octanol–water partition coefficient (Wildman–Crippen LogP) is 5.69. The summed E-state index contributed by atoms with van der Waals surface area (Å²) in [4.78, 5) is 35.3. The molecule has 3 heterocycles. The van der Waals surface area contributed by atoms with E-state index in [0.717, 1.165) is 53.3 Å². The summed E-state index contributed by atoms with van der Waals surface area (Å²) < 4.78 is 3.72. The molecule has 8 heteroatoms. The van der Waals surface area contributed by atoms with Crippen LogP contribution in [-0.4, -0.2) is 31.1 Å². The van der Waals surface area contributed by atoms with Gasteiger partial charge in [-0.1, -0.05) is 29.8 Å². The summed E-state index contributed by atoms with van der Waals surface area (Å²) in [5.74, 6) is 0.216. The largest absolute Gasteiger partial charge is 0.349 e. The van der Waals surface area contributed by atoms with Crippen LogP contribution < -0.4 is 11.0 Å². The summed E-state index contributed by atoms with van der Waals surface area (Å²) in [5, 5.41) is 4.55. The Kier molecular flexibility index (Phi) is 6.45. The van der Waals surface area contributed by atoms with Crippen LogP contribution in [0.4, 0.5) is 0 Å². The first-order chi connectivity index (χ1) is 18.5. The Morgan fingerprint density at radius 1 is 1.00 bits per heavy atom. The van der Waals surface area contributed by atoms with Crippen LogP contribution in [0, 0.1) is 12.8 Å². The number of aromatic nitrogens is 4. The molecule has 0 bridgehead atoms. The van der Waals surface area contributed by atoms with E-state index in [1.807, 2.05) is 70.7 Å². The Bertz CT molecular complexity index is 1710. The molecule has 0 unspecified atom stereocenters. The van der Waals surface area contributed by atoms with Crippen molar-refractivity contribution in [2.45, 2.75) is 45.2 Å². The smallest absolute Gasteiger partial charge is 0.333 e. The standard InChI is InChI=1S/C30H28ClN5O2/c1-19-24(16-21(31)17-33-19)29(37)34-22-13-11-20(12-14-22)18-35-27-8-2-3-9-28(27)36(30(35)38)26-10-4-7-25-23(26)6-5-15-32-25/h2-10,15-17,20,22H,11-14,18H2,1H3,(H,34,37). The second-order valence-corrected chi connectivity index (χ2v) is 10.5. The van der Waals surface area contributed by atoms with E-state index in [-0.39, 0.29) is 17.6 Å². The average Bonchev–Trinajstić information content (AvgIpc) is 3.21. The van der Waals surface area contributed by atoms with Gasteiger partial charge >= 0.3 is 5.69 Å². The van der Waals surface area contributed by atoms with Crippen LogP contribution in [0.2, 0.25) is 5.02 Å². The number of para-hydroxylation sites is 2. The fourth-order valence-electron chi connectivity index (χ4n) is 5.65. The van der Waals surface area contributed by atoms with E-state index >= 15 is 0 Å². The first-order valence-electron chi connectivity index (χ1n) is 13.0. The number of hydrogen-bond donors (Lipinski definition) is 1. The number of carbonyl (C=O) groups is 1. The molecule has 1 N–H and O–H groups in total. The third kappa shape index (κ3) is 4.47. The van der Waals surface area contributed by atoms with E-state index in [0.29, 0.717) is 28.7 Å². The number of rotatable bonds is 5. The molecular formula is C30H28ClN5O2. The minimum atomic E-state index is -0.134. The van der Waals surface area contributed by atoms with Crippen LogP contribution >= 0.6 is 11.6 Å². The zero-order chi connectivity index (χ0) is 26.2. The lowest BCUT2D eigenvalue weighted by Crippen LogP contribution is -2.39. The first kappa shape index (κ1) is 24.4. The number of fused-ring (bicyclic) bond motifs is 2. The summed E-state index contributed by atoms with van der Waals surface area (Å²) in [7, 11) is 0. The number of hydrogen-bond acceptors (Lipinski definition) is 4. The molecule has 3 aromatic heterocycles. The molecular weight excluding hydrogens is 498 g/mol. The molecule has 1 amide bonds. The molecule has 7 nitrogen and oxygen atoms in total. The van der Waals surface area contributed by atoms with Crippen LogP contribution in [0.3, 0.4) is 0 Å². The SMILES string of the molecule is Cc1ncc(Cl)cc1C(=O)NC1CCC(Cn2c(=O)n(-c3cccc4ncccc34)c3ccccc32)CC1. The van der Waals surface area contributed by atoms with Gasteiger partial charge < -0.3 is 5.32 Å². The summed E-state index contributed by atoms with van der Waals surface area (Å²) in [6.45, 7) is 2.46. The van der Waals surface area contributed by atoms with Crippen LogP contribution in [-0.2, 0) is 6.54 Å². The molecule has 192 valence electrons. The minimum absolute atomic E-state index is 0.0399. The average molecular weight is 526 g/mol. The summed E-state index contributed by atoms with van der Waals surface area (Å²) in [5.41, 5.74) is 4.66. The number of benzene rings is 2. The molecule has 1 aliphatic rings. The lowest BCUT2D eigenvalue weighted by Gasteiger charge is -2.29. The van der Waals surface area contributed by atoms with E-state index in [4.69, 9.17) is 11.6 Å². The zero-order valence-corrected chi connectivity index (χ0v) is 21.9. The molecule has 0 saturated heterocycles. The molecule has 1 saturated carbocycles. The van der Waals surface area contributed by atoms with Crippen LogP contribution in [0.1, 0.15) is 41.7 Å². The number of carbonyl (C=O) groups excluding carboxylic acids is 1. The van der Waals surface area contributed by atoms with E-state index < -0.39 is 0 Å². The van der Waals surface area contributed by atoms with Gasteiger partial charge in [0.2, 0.25) is 0 Å².